The Morgan fingerprint density at radius 2 is 1.93 bits per heavy atom. The van der Waals surface area contributed by atoms with E-state index < -0.39 is 18.2 Å². The molecular formula is C10H19NO4. The van der Waals surface area contributed by atoms with Crippen LogP contribution in [-0.2, 0) is 14.2 Å². The number of rotatable bonds is 2. The van der Waals surface area contributed by atoms with Crippen molar-refractivity contribution in [1.29, 1.82) is 0 Å². The number of fused-ring (bicyclic) bond motifs is 1. The van der Waals surface area contributed by atoms with Crippen LogP contribution in [0.1, 0.15) is 13.8 Å². The number of hydrogen-bond acceptors (Lipinski definition) is 5. The maximum atomic E-state index is 9.98. The van der Waals surface area contributed by atoms with Crippen LogP contribution in [0.2, 0.25) is 0 Å². The maximum Gasteiger partial charge on any atom is 0.190 e. The van der Waals surface area contributed by atoms with Gasteiger partial charge in [0.1, 0.15) is 18.3 Å². The van der Waals surface area contributed by atoms with Crippen molar-refractivity contribution in [2.75, 3.05) is 20.6 Å². The second-order valence-electron chi connectivity index (χ2n) is 4.90. The van der Waals surface area contributed by atoms with E-state index in [1.165, 1.54) is 0 Å². The molecule has 0 aromatic heterocycles. The smallest absolute Gasteiger partial charge is 0.190 e. The first kappa shape index (κ1) is 11.3. The van der Waals surface area contributed by atoms with Gasteiger partial charge in [0.05, 0.1) is 0 Å². The van der Waals surface area contributed by atoms with E-state index in [0.29, 0.717) is 6.54 Å². The second-order valence-corrected chi connectivity index (χ2v) is 4.90. The Hall–Kier alpha value is -0.200. The number of nitrogens with zero attached hydrogens (tertiary/aromatic N) is 1. The fourth-order valence-electron chi connectivity index (χ4n) is 2.07. The highest BCUT2D eigenvalue weighted by atomic mass is 16.8. The molecule has 0 aliphatic carbocycles. The molecule has 5 nitrogen and oxygen atoms in total. The fraction of sp³-hybridized carbons (Fsp3) is 1.00. The number of ether oxygens (including phenoxy) is 3. The zero-order valence-electron chi connectivity index (χ0n) is 9.64. The van der Waals surface area contributed by atoms with E-state index in [4.69, 9.17) is 14.2 Å². The lowest BCUT2D eigenvalue weighted by Gasteiger charge is -2.24. The first-order valence-electron chi connectivity index (χ1n) is 5.23. The summed E-state index contributed by atoms with van der Waals surface area (Å²) in [6, 6.07) is 0. The van der Waals surface area contributed by atoms with Crippen LogP contribution in [0, 0.1) is 0 Å². The minimum Gasteiger partial charge on any atom is -0.387 e. The zero-order valence-corrected chi connectivity index (χ0v) is 9.64. The molecule has 0 radical (unpaired) electrons. The van der Waals surface area contributed by atoms with Crippen LogP contribution >= 0.6 is 0 Å². The van der Waals surface area contributed by atoms with Crippen LogP contribution in [0.4, 0.5) is 0 Å². The molecule has 4 atom stereocenters. The lowest BCUT2D eigenvalue weighted by atomic mass is 10.1. The van der Waals surface area contributed by atoms with Crippen molar-refractivity contribution < 1.29 is 19.3 Å². The highest BCUT2D eigenvalue weighted by Crippen LogP contribution is 2.37. The molecule has 1 N–H and O–H groups in total. The van der Waals surface area contributed by atoms with Crippen molar-refractivity contribution in [3.63, 3.8) is 0 Å². The topological polar surface area (TPSA) is 51.2 Å². The molecule has 0 amide bonds. The molecule has 0 aromatic carbocycles. The third-order valence-electron chi connectivity index (χ3n) is 2.66. The van der Waals surface area contributed by atoms with Gasteiger partial charge in [-0.3, -0.25) is 0 Å². The molecular weight excluding hydrogens is 198 g/mol. The van der Waals surface area contributed by atoms with Crippen molar-refractivity contribution in [1.82, 2.24) is 4.90 Å². The van der Waals surface area contributed by atoms with E-state index in [1.807, 2.05) is 32.8 Å². The van der Waals surface area contributed by atoms with Crippen LogP contribution in [0.15, 0.2) is 0 Å². The molecule has 2 aliphatic heterocycles. The summed E-state index contributed by atoms with van der Waals surface area (Å²) < 4.78 is 16.7. The standard InChI is InChI=1S/C10H19NO4/c1-10(2)14-8-7(12)6(5-11(3)4)13-9(8)15-10/h6-9,12H,5H2,1-4H3/t6-,7+,8-,9-/m1/s1. The normalized spacial score (nSPS) is 43.6. The molecule has 2 fully saturated rings. The second kappa shape index (κ2) is 3.68. The van der Waals surface area contributed by atoms with E-state index in [0.717, 1.165) is 0 Å². The zero-order chi connectivity index (χ0) is 11.2. The Morgan fingerprint density at radius 3 is 2.47 bits per heavy atom. The third-order valence-corrected chi connectivity index (χ3v) is 2.66. The highest BCUT2D eigenvalue weighted by Gasteiger charge is 2.54. The maximum absolute atomic E-state index is 9.98. The van der Waals surface area contributed by atoms with Gasteiger partial charge in [0, 0.05) is 6.54 Å². The molecule has 0 spiro atoms. The van der Waals surface area contributed by atoms with Crippen LogP contribution in [0.3, 0.4) is 0 Å². The molecule has 0 saturated carbocycles. The lowest BCUT2D eigenvalue weighted by Crippen LogP contribution is -2.39. The molecule has 88 valence electrons. The lowest BCUT2D eigenvalue weighted by molar-refractivity contribution is -0.215. The predicted octanol–water partition coefficient (Wildman–Crippen LogP) is -0.215. The Balaban J connectivity index is 1.99. The van der Waals surface area contributed by atoms with Crippen LogP contribution in [0.25, 0.3) is 0 Å². The van der Waals surface area contributed by atoms with Gasteiger partial charge in [0.25, 0.3) is 0 Å². The molecule has 15 heavy (non-hydrogen) atoms. The number of hydrogen-bond donors (Lipinski definition) is 1. The summed E-state index contributed by atoms with van der Waals surface area (Å²) in [7, 11) is 3.88. The fourth-order valence-corrected chi connectivity index (χ4v) is 2.07. The average Bonchev–Trinajstić information content (AvgIpc) is 2.48. The van der Waals surface area contributed by atoms with Gasteiger partial charge in [-0.1, -0.05) is 0 Å². The van der Waals surface area contributed by atoms with Crippen molar-refractivity contribution in [2.24, 2.45) is 0 Å². The summed E-state index contributed by atoms with van der Waals surface area (Å²) in [5.74, 6) is -0.653. The first-order valence-corrected chi connectivity index (χ1v) is 5.23. The summed E-state index contributed by atoms with van der Waals surface area (Å²) in [6.45, 7) is 4.31. The summed E-state index contributed by atoms with van der Waals surface area (Å²) in [5, 5.41) is 9.98. The highest BCUT2D eigenvalue weighted by molar-refractivity contribution is 4.93. The molecule has 5 heteroatoms. The van der Waals surface area contributed by atoms with E-state index in [-0.39, 0.29) is 12.2 Å². The molecule has 0 bridgehead atoms. The average molecular weight is 217 g/mol. The van der Waals surface area contributed by atoms with Gasteiger partial charge in [0.15, 0.2) is 12.1 Å². The van der Waals surface area contributed by atoms with Gasteiger partial charge in [-0.05, 0) is 27.9 Å². The van der Waals surface area contributed by atoms with Gasteiger partial charge < -0.3 is 24.2 Å². The first-order chi connectivity index (χ1) is 6.89. The monoisotopic (exact) mass is 217 g/mol. The van der Waals surface area contributed by atoms with E-state index >= 15 is 0 Å². The van der Waals surface area contributed by atoms with E-state index in [9.17, 15) is 5.11 Å². The number of aliphatic hydroxyl groups excluding tert-OH is 1. The van der Waals surface area contributed by atoms with E-state index in [1.54, 1.807) is 0 Å². The van der Waals surface area contributed by atoms with Crippen molar-refractivity contribution in [3.05, 3.63) is 0 Å². The van der Waals surface area contributed by atoms with Crippen molar-refractivity contribution in [3.8, 4) is 0 Å². The largest absolute Gasteiger partial charge is 0.387 e. The molecule has 2 aliphatic rings. The van der Waals surface area contributed by atoms with Gasteiger partial charge >= 0.3 is 0 Å². The Labute approximate surface area is 89.9 Å². The van der Waals surface area contributed by atoms with Gasteiger partial charge in [-0.15, -0.1) is 0 Å². The van der Waals surface area contributed by atoms with E-state index in [2.05, 4.69) is 0 Å². The van der Waals surface area contributed by atoms with Crippen molar-refractivity contribution >= 4 is 0 Å². The Kier molecular flexibility index (Phi) is 2.77. The van der Waals surface area contributed by atoms with Crippen LogP contribution < -0.4 is 0 Å². The van der Waals surface area contributed by atoms with Gasteiger partial charge in [0.2, 0.25) is 0 Å². The third kappa shape index (κ3) is 2.16. The Bertz CT molecular complexity index is 244. The minimum absolute atomic E-state index is 0.230. The minimum atomic E-state index is -0.653. The summed E-state index contributed by atoms with van der Waals surface area (Å²) >= 11 is 0. The molecule has 0 unspecified atom stereocenters. The summed E-state index contributed by atoms with van der Waals surface area (Å²) in [5.41, 5.74) is 0. The van der Waals surface area contributed by atoms with Crippen molar-refractivity contribution in [2.45, 2.75) is 44.2 Å². The number of aliphatic hydroxyl groups is 1. The predicted molar refractivity (Wildman–Crippen MR) is 53.3 cm³/mol. The SMILES string of the molecule is CN(C)C[C@H]1O[C@@H]2OC(C)(C)O[C@@H]2[C@H]1O. The van der Waals surface area contributed by atoms with Gasteiger partial charge in [-0.2, -0.15) is 0 Å². The van der Waals surface area contributed by atoms with Crippen LogP contribution in [0.5, 0.6) is 0 Å². The molecule has 0 aromatic rings. The molecule has 2 rings (SSSR count). The Morgan fingerprint density at radius 1 is 1.27 bits per heavy atom. The summed E-state index contributed by atoms with van der Waals surface area (Å²) in [4.78, 5) is 1.97. The van der Waals surface area contributed by atoms with Gasteiger partial charge in [-0.25, -0.2) is 0 Å². The summed E-state index contributed by atoms with van der Waals surface area (Å²) in [6.07, 6.45) is -1.63. The number of likely N-dealkylation sites (N-methyl/N-ethyl adjacent to an activating group) is 1. The van der Waals surface area contributed by atoms with Crippen LogP contribution in [-0.4, -0.2) is 61.0 Å². The molecule has 2 saturated heterocycles. The quantitative estimate of drug-likeness (QED) is 0.693. The molecule has 2 heterocycles.